The highest BCUT2D eigenvalue weighted by atomic mass is 32.2. The number of rotatable bonds is 6. The monoisotopic (exact) mass is 398 g/mol. The highest BCUT2D eigenvalue weighted by molar-refractivity contribution is 8.00. The topological polar surface area (TPSA) is 58.6 Å². The number of esters is 1. The molecular formula is C22H26N2O3S. The lowest BCUT2D eigenvalue weighted by Gasteiger charge is -2.20. The van der Waals surface area contributed by atoms with Gasteiger partial charge < -0.3 is 10.1 Å². The van der Waals surface area contributed by atoms with Crippen LogP contribution in [-0.2, 0) is 17.6 Å². The minimum absolute atomic E-state index is 0.0679. The van der Waals surface area contributed by atoms with Crippen LogP contribution in [-0.4, -0.2) is 30.8 Å². The van der Waals surface area contributed by atoms with Crippen LogP contribution < -0.4 is 15.0 Å². The number of amides is 2. The van der Waals surface area contributed by atoms with E-state index in [0.29, 0.717) is 5.75 Å². The first-order valence-corrected chi connectivity index (χ1v) is 10.5. The van der Waals surface area contributed by atoms with Crippen LogP contribution in [0.2, 0.25) is 0 Å². The first-order chi connectivity index (χ1) is 13.4. The van der Waals surface area contributed by atoms with Crippen molar-refractivity contribution in [2.75, 3.05) is 17.7 Å². The van der Waals surface area contributed by atoms with Gasteiger partial charge in [-0.1, -0.05) is 6.07 Å². The van der Waals surface area contributed by atoms with Crippen LogP contribution in [0.4, 0.5) is 10.5 Å². The molecule has 1 aliphatic rings. The van der Waals surface area contributed by atoms with E-state index >= 15 is 0 Å². The van der Waals surface area contributed by atoms with Crippen LogP contribution in [0, 0.1) is 0 Å². The summed E-state index contributed by atoms with van der Waals surface area (Å²) in [6.07, 6.45) is 3.51. The lowest BCUT2D eigenvalue weighted by atomic mass is 10.1. The number of aryl methyl sites for hydroxylation is 2. The molecule has 0 saturated carbocycles. The van der Waals surface area contributed by atoms with E-state index in [-0.39, 0.29) is 23.8 Å². The summed E-state index contributed by atoms with van der Waals surface area (Å²) < 4.78 is 5.41. The molecule has 0 heterocycles. The van der Waals surface area contributed by atoms with E-state index in [0.717, 1.165) is 23.4 Å². The quantitative estimate of drug-likeness (QED) is 0.444. The van der Waals surface area contributed by atoms with Crippen molar-refractivity contribution in [1.29, 1.82) is 0 Å². The average molecular weight is 399 g/mol. The third kappa shape index (κ3) is 5.29. The van der Waals surface area contributed by atoms with Crippen LogP contribution >= 0.6 is 11.8 Å². The molecule has 0 spiro atoms. The SMILES string of the molecule is CC(C)NC(=O)N(C)c1ccc(OC(=O)CSc2ccc3c(c2)CCC3)cc1. The highest BCUT2D eigenvalue weighted by Crippen LogP contribution is 2.28. The number of nitrogens with one attached hydrogen (secondary N) is 1. The molecule has 0 saturated heterocycles. The summed E-state index contributed by atoms with van der Waals surface area (Å²) in [7, 11) is 1.70. The number of fused-ring (bicyclic) bond motifs is 1. The van der Waals surface area contributed by atoms with Crippen molar-refractivity contribution in [2.45, 2.75) is 44.0 Å². The molecule has 1 aliphatic carbocycles. The Balaban J connectivity index is 1.51. The van der Waals surface area contributed by atoms with E-state index < -0.39 is 0 Å². The van der Waals surface area contributed by atoms with Gasteiger partial charge in [0.1, 0.15) is 5.75 Å². The van der Waals surface area contributed by atoms with Crippen molar-refractivity contribution in [2.24, 2.45) is 0 Å². The maximum absolute atomic E-state index is 12.2. The number of ether oxygens (including phenoxy) is 1. The lowest BCUT2D eigenvalue weighted by Crippen LogP contribution is -2.40. The van der Waals surface area contributed by atoms with Gasteiger partial charge >= 0.3 is 12.0 Å². The molecule has 0 aliphatic heterocycles. The maximum atomic E-state index is 12.2. The Kier molecular flexibility index (Phi) is 6.62. The predicted octanol–water partition coefficient (Wildman–Crippen LogP) is 4.43. The molecule has 2 amide bonds. The number of thioether (sulfide) groups is 1. The van der Waals surface area contributed by atoms with E-state index in [4.69, 9.17) is 4.74 Å². The molecule has 28 heavy (non-hydrogen) atoms. The Morgan fingerprint density at radius 1 is 1.11 bits per heavy atom. The molecule has 3 rings (SSSR count). The van der Waals surface area contributed by atoms with Crippen molar-refractivity contribution >= 4 is 29.4 Å². The standard InChI is InChI=1S/C22H26N2O3S/c1-15(2)23-22(26)24(3)18-8-10-19(11-9-18)27-21(25)14-28-20-12-7-16-5-4-6-17(16)13-20/h7-13,15H,4-6,14H2,1-3H3,(H,23,26). The molecule has 1 N–H and O–H groups in total. The van der Waals surface area contributed by atoms with Crippen molar-refractivity contribution in [3.05, 3.63) is 53.6 Å². The molecule has 0 bridgehead atoms. The summed E-state index contributed by atoms with van der Waals surface area (Å²) in [5, 5.41) is 2.83. The molecule has 6 heteroatoms. The second-order valence-corrected chi connectivity index (χ2v) is 8.25. The van der Waals surface area contributed by atoms with E-state index in [1.807, 2.05) is 13.8 Å². The summed E-state index contributed by atoms with van der Waals surface area (Å²) >= 11 is 1.50. The normalized spacial score (nSPS) is 12.6. The summed E-state index contributed by atoms with van der Waals surface area (Å²) in [6.45, 7) is 3.82. The second kappa shape index (κ2) is 9.15. The molecule has 2 aromatic rings. The first-order valence-electron chi connectivity index (χ1n) is 9.52. The van der Waals surface area contributed by atoms with Gasteiger partial charge in [-0.25, -0.2) is 4.79 Å². The van der Waals surface area contributed by atoms with Crippen LogP contribution in [0.1, 0.15) is 31.4 Å². The number of urea groups is 1. The number of nitrogens with zero attached hydrogens (tertiary/aromatic N) is 1. The van der Waals surface area contributed by atoms with E-state index in [2.05, 4.69) is 23.5 Å². The third-order valence-corrected chi connectivity index (χ3v) is 5.57. The smallest absolute Gasteiger partial charge is 0.321 e. The van der Waals surface area contributed by atoms with E-state index in [1.165, 1.54) is 34.2 Å². The fraction of sp³-hybridized carbons (Fsp3) is 0.364. The molecule has 0 radical (unpaired) electrons. The van der Waals surface area contributed by atoms with E-state index in [9.17, 15) is 9.59 Å². The Labute approximate surface area is 170 Å². The maximum Gasteiger partial charge on any atom is 0.321 e. The van der Waals surface area contributed by atoms with Crippen molar-refractivity contribution < 1.29 is 14.3 Å². The zero-order chi connectivity index (χ0) is 20.1. The number of hydrogen-bond donors (Lipinski definition) is 1. The van der Waals surface area contributed by atoms with Gasteiger partial charge in [0.25, 0.3) is 0 Å². The highest BCUT2D eigenvalue weighted by Gasteiger charge is 2.14. The predicted molar refractivity (Wildman–Crippen MR) is 113 cm³/mol. The fourth-order valence-corrected chi connectivity index (χ4v) is 3.87. The summed E-state index contributed by atoms with van der Waals surface area (Å²) in [4.78, 5) is 26.8. The largest absolute Gasteiger partial charge is 0.426 e. The average Bonchev–Trinajstić information content (AvgIpc) is 3.13. The van der Waals surface area contributed by atoms with Crippen LogP contribution in [0.25, 0.3) is 0 Å². The van der Waals surface area contributed by atoms with Crippen LogP contribution in [0.5, 0.6) is 5.75 Å². The minimum Gasteiger partial charge on any atom is -0.426 e. The molecule has 0 aromatic heterocycles. The minimum atomic E-state index is -0.288. The number of hydrogen-bond acceptors (Lipinski definition) is 4. The lowest BCUT2D eigenvalue weighted by molar-refractivity contribution is -0.131. The Morgan fingerprint density at radius 2 is 1.82 bits per heavy atom. The summed E-state index contributed by atoms with van der Waals surface area (Å²) in [6, 6.07) is 13.2. The van der Waals surface area contributed by atoms with Crippen molar-refractivity contribution in [3.63, 3.8) is 0 Å². The summed E-state index contributed by atoms with van der Waals surface area (Å²) in [5.41, 5.74) is 3.56. The summed E-state index contributed by atoms with van der Waals surface area (Å²) in [5.74, 6) is 0.446. The van der Waals surface area contributed by atoms with Gasteiger partial charge in [-0.3, -0.25) is 9.69 Å². The number of anilines is 1. The number of carbonyl (C=O) groups is 2. The van der Waals surface area contributed by atoms with Crippen LogP contribution in [0.15, 0.2) is 47.4 Å². The van der Waals surface area contributed by atoms with Gasteiger partial charge in [-0.05, 0) is 80.6 Å². The van der Waals surface area contributed by atoms with Gasteiger partial charge in [0.2, 0.25) is 0 Å². The van der Waals surface area contributed by atoms with Gasteiger partial charge in [0, 0.05) is 23.7 Å². The Hall–Kier alpha value is -2.47. The molecule has 0 atom stereocenters. The number of carbonyl (C=O) groups excluding carboxylic acids is 2. The van der Waals surface area contributed by atoms with Gasteiger partial charge in [0.15, 0.2) is 0 Å². The zero-order valence-corrected chi connectivity index (χ0v) is 17.3. The van der Waals surface area contributed by atoms with Crippen LogP contribution in [0.3, 0.4) is 0 Å². The Bertz CT molecular complexity index is 849. The molecule has 5 nitrogen and oxygen atoms in total. The molecular weight excluding hydrogens is 372 g/mol. The van der Waals surface area contributed by atoms with E-state index in [1.54, 1.807) is 31.3 Å². The van der Waals surface area contributed by atoms with Crippen molar-refractivity contribution in [1.82, 2.24) is 5.32 Å². The van der Waals surface area contributed by atoms with Gasteiger partial charge in [0.05, 0.1) is 5.75 Å². The van der Waals surface area contributed by atoms with Crippen molar-refractivity contribution in [3.8, 4) is 5.75 Å². The molecule has 0 unspecified atom stereocenters. The zero-order valence-electron chi connectivity index (χ0n) is 16.5. The van der Waals surface area contributed by atoms with Gasteiger partial charge in [-0.15, -0.1) is 11.8 Å². The number of benzene rings is 2. The third-order valence-electron chi connectivity index (χ3n) is 4.60. The molecule has 0 fully saturated rings. The fourth-order valence-electron chi connectivity index (χ4n) is 3.14. The first kappa shape index (κ1) is 20.3. The van der Waals surface area contributed by atoms with Gasteiger partial charge in [-0.2, -0.15) is 0 Å². The molecule has 148 valence electrons. The Morgan fingerprint density at radius 3 is 2.54 bits per heavy atom. The second-order valence-electron chi connectivity index (χ2n) is 7.20. The molecule has 2 aromatic carbocycles.